The molecule has 0 heterocycles. The second kappa shape index (κ2) is 9.45. The van der Waals surface area contributed by atoms with Gasteiger partial charge in [0, 0.05) is 6.04 Å². The van der Waals surface area contributed by atoms with Gasteiger partial charge in [0.05, 0.1) is 4.47 Å². The van der Waals surface area contributed by atoms with Crippen molar-refractivity contribution in [2.45, 2.75) is 57.9 Å². The molecule has 108 valence electrons. The zero-order valence-electron chi connectivity index (χ0n) is 11.6. The van der Waals surface area contributed by atoms with Gasteiger partial charge in [-0.1, -0.05) is 51.5 Å². The number of halogens is 2. The Hall–Kier alpha value is -0.450. The fourth-order valence-electron chi connectivity index (χ4n) is 2.20. The summed E-state index contributed by atoms with van der Waals surface area (Å²) in [7, 11) is 0. The second-order valence-corrected chi connectivity index (χ2v) is 5.80. The molecule has 1 rings (SSSR count). The summed E-state index contributed by atoms with van der Waals surface area (Å²) >= 11 is 3.21. The zero-order valence-corrected chi connectivity index (χ0v) is 13.2. The minimum atomic E-state index is -0.237. The normalized spacial score (nSPS) is 12.6. The van der Waals surface area contributed by atoms with E-state index in [0.717, 1.165) is 18.4 Å². The van der Waals surface area contributed by atoms with Gasteiger partial charge in [0.25, 0.3) is 0 Å². The monoisotopic (exact) mass is 330 g/mol. The van der Waals surface area contributed by atoms with Crippen molar-refractivity contribution in [3.05, 3.63) is 34.1 Å². The predicted molar refractivity (Wildman–Crippen MR) is 82.2 cm³/mol. The molecular formula is C15H24BrFN2. The van der Waals surface area contributed by atoms with Crippen LogP contribution in [0.2, 0.25) is 0 Å². The van der Waals surface area contributed by atoms with Crippen LogP contribution in [0.15, 0.2) is 22.7 Å². The van der Waals surface area contributed by atoms with E-state index in [1.165, 1.54) is 38.2 Å². The Balaban J connectivity index is 2.38. The molecule has 0 radical (unpaired) electrons. The number of nitrogens with one attached hydrogen (secondary N) is 1. The van der Waals surface area contributed by atoms with Gasteiger partial charge in [-0.3, -0.25) is 11.3 Å². The summed E-state index contributed by atoms with van der Waals surface area (Å²) in [5.74, 6) is 5.36. The molecule has 0 aliphatic carbocycles. The summed E-state index contributed by atoms with van der Waals surface area (Å²) in [6.45, 7) is 2.22. The van der Waals surface area contributed by atoms with E-state index < -0.39 is 0 Å². The topological polar surface area (TPSA) is 38.0 Å². The van der Waals surface area contributed by atoms with E-state index in [9.17, 15) is 4.39 Å². The number of hydrogen-bond donors (Lipinski definition) is 2. The molecule has 0 saturated heterocycles. The van der Waals surface area contributed by atoms with Crippen LogP contribution in [0.1, 0.15) is 63.5 Å². The van der Waals surface area contributed by atoms with Gasteiger partial charge < -0.3 is 0 Å². The Labute approximate surface area is 124 Å². The summed E-state index contributed by atoms with van der Waals surface area (Å²) in [5, 5.41) is 0. The Kier molecular flexibility index (Phi) is 8.26. The van der Waals surface area contributed by atoms with Crippen LogP contribution in [0, 0.1) is 5.82 Å². The van der Waals surface area contributed by atoms with Gasteiger partial charge >= 0.3 is 0 Å². The number of nitrogens with two attached hydrogens (primary N) is 1. The first-order valence-corrected chi connectivity index (χ1v) is 7.89. The molecule has 2 nitrogen and oxygen atoms in total. The lowest BCUT2D eigenvalue weighted by atomic mass is 10.00. The highest BCUT2D eigenvalue weighted by atomic mass is 79.9. The van der Waals surface area contributed by atoms with Gasteiger partial charge in [-0.2, -0.15) is 0 Å². The molecule has 4 heteroatoms. The third kappa shape index (κ3) is 6.02. The van der Waals surface area contributed by atoms with E-state index in [1.54, 1.807) is 12.1 Å². The first kappa shape index (κ1) is 16.6. The minimum Gasteiger partial charge on any atom is -0.271 e. The molecular weight excluding hydrogens is 307 g/mol. The van der Waals surface area contributed by atoms with Crippen molar-refractivity contribution in [1.82, 2.24) is 5.43 Å². The highest BCUT2D eigenvalue weighted by Gasteiger charge is 2.11. The van der Waals surface area contributed by atoms with E-state index >= 15 is 0 Å². The second-order valence-electron chi connectivity index (χ2n) is 4.95. The van der Waals surface area contributed by atoms with Gasteiger partial charge in [0.2, 0.25) is 0 Å². The van der Waals surface area contributed by atoms with E-state index in [4.69, 9.17) is 5.84 Å². The van der Waals surface area contributed by atoms with Gasteiger partial charge in [-0.15, -0.1) is 0 Å². The molecule has 1 atom stereocenters. The van der Waals surface area contributed by atoms with E-state index in [1.807, 2.05) is 0 Å². The van der Waals surface area contributed by atoms with E-state index in [0.29, 0.717) is 4.47 Å². The van der Waals surface area contributed by atoms with Crippen LogP contribution in [-0.4, -0.2) is 0 Å². The lowest BCUT2D eigenvalue weighted by Gasteiger charge is -2.16. The Morgan fingerprint density at radius 1 is 1.21 bits per heavy atom. The average molecular weight is 331 g/mol. The molecule has 0 spiro atoms. The van der Waals surface area contributed by atoms with Crippen molar-refractivity contribution in [3.63, 3.8) is 0 Å². The summed E-state index contributed by atoms with van der Waals surface area (Å²) in [6.07, 6.45) is 8.58. The number of hydrazine groups is 1. The summed E-state index contributed by atoms with van der Waals surface area (Å²) < 4.78 is 13.7. The van der Waals surface area contributed by atoms with Gasteiger partial charge in [-0.05, 0) is 40.0 Å². The zero-order chi connectivity index (χ0) is 14.1. The molecule has 0 aliphatic heterocycles. The molecule has 1 aromatic rings. The molecule has 19 heavy (non-hydrogen) atoms. The Morgan fingerprint density at radius 3 is 2.53 bits per heavy atom. The Morgan fingerprint density at radius 2 is 1.89 bits per heavy atom. The average Bonchev–Trinajstić information content (AvgIpc) is 2.41. The van der Waals surface area contributed by atoms with Gasteiger partial charge in [0.1, 0.15) is 5.82 Å². The molecule has 1 aromatic carbocycles. The fraction of sp³-hybridized carbons (Fsp3) is 0.600. The third-order valence-corrected chi connectivity index (χ3v) is 4.00. The lowest BCUT2D eigenvalue weighted by Crippen LogP contribution is -2.28. The molecule has 3 N–H and O–H groups in total. The Bertz CT molecular complexity index is 371. The highest BCUT2D eigenvalue weighted by Crippen LogP contribution is 2.24. The number of benzene rings is 1. The van der Waals surface area contributed by atoms with Crippen molar-refractivity contribution in [2.24, 2.45) is 5.84 Å². The van der Waals surface area contributed by atoms with Crippen molar-refractivity contribution in [2.75, 3.05) is 0 Å². The number of hydrogen-bond acceptors (Lipinski definition) is 2. The van der Waals surface area contributed by atoms with Crippen LogP contribution in [0.3, 0.4) is 0 Å². The maximum atomic E-state index is 13.2. The summed E-state index contributed by atoms with van der Waals surface area (Å²) in [6, 6.07) is 5.17. The largest absolute Gasteiger partial charge is 0.271 e. The van der Waals surface area contributed by atoms with E-state index in [2.05, 4.69) is 28.3 Å². The van der Waals surface area contributed by atoms with Crippen LogP contribution in [0.5, 0.6) is 0 Å². The van der Waals surface area contributed by atoms with Crippen molar-refractivity contribution in [1.29, 1.82) is 0 Å². The quantitative estimate of drug-likeness (QED) is 0.386. The van der Waals surface area contributed by atoms with Crippen LogP contribution in [0.25, 0.3) is 0 Å². The van der Waals surface area contributed by atoms with Crippen LogP contribution < -0.4 is 11.3 Å². The molecule has 1 unspecified atom stereocenters. The maximum Gasteiger partial charge on any atom is 0.137 e. The van der Waals surface area contributed by atoms with Gasteiger partial charge in [-0.25, -0.2) is 4.39 Å². The standard InChI is InChI=1S/C15H24BrFN2/c1-2-3-4-5-6-7-8-15(19-18)12-9-10-14(17)13(16)11-12/h9-11,15,19H,2-8,18H2,1H3. The smallest absolute Gasteiger partial charge is 0.137 e. The van der Waals surface area contributed by atoms with Crippen LogP contribution in [0.4, 0.5) is 4.39 Å². The first-order chi connectivity index (χ1) is 9.19. The molecule has 0 amide bonds. The molecule has 0 saturated carbocycles. The van der Waals surface area contributed by atoms with Gasteiger partial charge in [0.15, 0.2) is 0 Å². The van der Waals surface area contributed by atoms with E-state index in [-0.39, 0.29) is 11.9 Å². The van der Waals surface area contributed by atoms with Crippen LogP contribution >= 0.6 is 15.9 Å². The third-order valence-electron chi connectivity index (χ3n) is 3.39. The first-order valence-electron chi connectivity index (χ1n) is 7.10. The molecule has 0 aliphatic rings. The maximum absolute atomic E-state index is 13.2. The van der Waals surface area contributed by atoms with Crippen LogP contribution in [-0.2, 0) is 0 Å². The lowest BCUT2D eigenvalue weighted by molar-refractivity contribution is 0.476. The molecule has 0 fully saturated rings. The fourth-order valence-corrected chi connectivity index (χ4v) is 2.60. The number of unbranched alkanes of at least 4 members (excludes halogenated alkanes) is 5. The summed E-state index contributed by atoms with van der Waals surface area (Å²) in [4.78, 5) is 0. The molecule has 0 aromatic heterocycles. The van der Waals surface area contributed by atoms with Crippen molar-refractivity contribution in [3.8, 4) is 0 Å². The molecule has 0 bridgehead atoms. The minimum absolute atomic E-state index is 0.100. The number of rotatable bonds is 9. The van der Waals surface area contributed by atoms with Crippen molar-refractivity contribution < 1.29 is 4.39 Å². The SMILES string of the molecule is CCCCCCCCC(NN)c1ccc(F)c(Br)c1. The summed E-state index contributed by atoms with van der Waals surface area (Å²) in [5.41, 5.74) is 3.86. The van der Waals surface area contributed by atoms with Crippen molar-refractivity contribution >= 4 is 15.9 Å². The highest BCUT2D eigenvalue weighted by molar-refractivity contribution is 9.10. The predicted octanol–water partition coefficient (Wildman–Crippen LogP) is 4.84.